The quantitative estimate of drug-likeness (QED) is 0.255. The molecule has 2 saturated heterocycles. The van der Waals surface area contributed by atoms with Crippen molar-refractivity contribution in [3.05, 3.63) is 53.1 Å². The maximum absolute atomic E-state index is 12.5. The van der Waals surface area contributed by atoms with Gasteiger partial charge in [-0.25, -0.2) is 0 Å². The number of carbonyl (C=O) groups excluding carboxylic acids is 1. The predicted molar refractivity (Wildman–Crippen MR) is 144 cm³/mol. The molecule has 5 rings (SSSR count). The van der Waals surface area contributed by atoms with E-state index >= 15 is 0 Å². The third kappa shape index (κ3) is 5.83. The van der Waals surface area contributed by atoms with Gasteiger partial charge in [0.05, 0.1) is 5.69 Å². The van der Waals surface area contributed by atoms with E-state index in [0.717, 1.165) is 6.42 Å². The lowest BCUT2D eigenvalue weighted by Gasteiger charge is -2.38. The standard InChI is InChI=1S/C24H29ClN10O2/c25-14-3-1-13(2-4-14)21(37)30-19-6-5-18(8-20(19)36)29-22-31-23(34-9-15(26)7-16(27)10-34)33-24(32-22)35-11-17(28)12-35/h1-6,8,15-17,36H,7,9-12,26-28H2,(H,30,37)(H,29,31,32,33)/t15-,16+. The van der Waals surface area contributed by atoms with Crippen LogP contribution in [0.1, 0.15) is 16.8 Å². The molecule has 37 heavy (non-hydrogen) atoms. The number of benzene rings is 2. The van der Waals surface area contributed by atoms with Crippen LogP contribution in [0.4, 0.5) is 29.2 Å². The van der Waals surface area contributed by atoms with Crippen LogP contribution in [0.15, 0.2) is 42.5 Å². The first-order valence-corrected chi connectivity index (χ1v) is 12.3. The van der Waals surface area contributed by atoms with Crippen LogP contribution in [-0.4, -0.2) is 70.3 Å². The SMILES string of the molecule is NC1CN(c2nc(Nc3ccc(NC(=O)c4ccc(Cl)cc4)c(O)c3)nc(N3C[C@H](N)C[C@H](N)C3)n2)C1. The second-order valence-electron chi connectivity index (χ2n) is 9.40. The third-order valence-corrected chi connectivity index (χ3v) is 6.46. The molecule has 2 aromatic carbocycles. The number of carbonyl (C=O) groups is 1. The molecule has 2 atom stereocenters. The van der Waals surface area contributed by atoms with Crippen LogP contribution in [0.25, 0.3) is 0 Å². The molecule has 0 saturated carbocycles. The summed E-state index contributed by atoms with van der Waals surface area (Å²) in [7, 11) is 0. The van der Waals surface area contributed by atoms with Gasteiger partial charge < -0.3 is 42.7 Å². The number of hydrogen-bond donors (Lipinski definition) is 6. The van der Waals surface area contributed by atoms with Crippen LogP contribution in [0, 0.1) is 0 Å². The fourth-order valence-electron chi connectivity index (χ4n) is 4.35. The Hall–Kier alpha value is -3.71. The van der Waals surface area contributed by atoms with Gasteiger partial charge in [-0.05, 0) is 42.8 Å². The summed E-state index contributed by atoms with van der Waals surface area (Å²) in [5, 5.41) is 16.9. The van der Waals surface area contributed by atoms with E-state index in [4.69, 9.17) is 28.8 Å². The molecule has 9 N–H and O–H groups in total. The summed E-state index contributed by atoms with van der Waals surface area (Å²) in [6.07, 6.45) is 0.737. The topological polar surface area (TPSA) is 185 Å². The van der Waals surface area contributed by atoms with Crippen molar-refractivity contribution < 1.29 is 9.90 Å². The number of nitrogens with two attached hydrogens (primary N) is 3. The average molecular weight is 525 g/mol. The van der Waals surface area contributed by atoms with Gasteiger partial charge in [-0.1, -0.05) is 11.6 Å². The van der Waals surface area contributed by atoms with Crippen molar-refractivity contribution in [1.29, 1.82) is 0 Å². The minimum absolute atomic E-state index is 0.0704. The van der Waals surface area contributed by atoms with Crippen LogP contribution >= 0.6 is 11.6 Å². The highest BCUT2D eigenvalue weighted by molar-refractivity contribution is 6.30. The number of anilines is 5. The molecule has 2 aliphatic rings. The summed E-state index contributed by atoms with van der Waals surface area (Å²) < 4.78 is 0. The van der Waals surface area contributed by atoms with Gasteiger partial charge in [-0.3, -0.25) is 4.79 Å². The van der Waals surface area contributed by atoms with E-state index in [2.05, 4.69) is 25.6 Å². The number of aromatic nitrogens is 3. The number of halogens is 1. The van der Waals surface area contributed by atoms with Crippen molar-refractivity contribution >= 4 is 46.7 Å². The molecule has 12 nitrogen and oxygen atoms in total. The Labute approximate surface area is 218 Å². The van der Waals surface area contributed by atoms with Crippen LogP contribution in [0.3, 0.4) is 0 Å². The number of amides is 1. The molecule has 3 heterocycles. The fraction of sp³-hybridized carbons (Fsp3) is 0.333. The lowest BCUT2D eigenvalue weighted by molar-refractivity contribution is 0.102. The average Bonchev–Trinajstić information content (AvgIpc) is 2.83. The number of phenols is 1. The summed E-state index contributed by atoms with van der Waals surface area (Å²) >= 11 is 5.88. The first kappa shape index (κ1) is 25.0. The van der Waals surface area contributed by atoms with Gasteiger partial charge in [0.2, 0.25) is 17.8 Å². The maximum atomic E-state index is 12.5. The fourth-order valence-corrected chi connectivity index (χ4v) is 4.48. The smallest absolute Gasteiger partial charge is 0.255 e. The van der Waals surface area contributed by atoms with Crippen LogP contribution < -0.4 is 37.6 Å². The molecule has 2 fully saturated rings. The van der Waals surface area contributed by atoms with Crippen molar-refractivity contribution in [3.8, 4) is 5.75 Å². The summed E-state index contributed by atoms with van der Waals surface area (Å²) in [6.45, 7) is 2.45. The van der Waals surface area contributed by atoms with E-state index in [9.17, 15) is 9.90 Å². The largest absolute Gasteiger partial charge is 0.506 e. The van der Waals surface area contributed by atoms with Crippen molar-refractivity contribution in [2.75, 3.05) is 46.6 Å². The highest BCUT2D eigenvalue weighted by atomic mass is 35.5. The molecule has 194 valence electrons. The molecular weight excluding hydrogens is 496 g/mol. The molecule has 0 bridgehead atoms. The monoisotopic (exact) mass is 524 g/mol. The van der Waals surface area contributed by atoms with Crippen molar-refractivity contribution in [2.45, 2.75) is 24.5 Å². The van der Waals surface area contributed by atoms with Gasteiger partial charge in [-0.2, -0.15) is 15.0 Å². The molecule has 13 heteroatoms. The van der Waals surface area contributed by atoms with Crippen LogP contribution in [0.5, 0.6) is 5.75 Å². The Morgan fingerprint density at radius 3 is 2.05 bits per heavy atom. The van der Waals surface area contributed by atoms with E-state index in [1.807, 2.05) is 9.80 Å². The maximum Gasteiger partial charge on any atom is 0.255 e. The molecule has 0 spiro atoms. The lowest BCUT2D eigenvalue weighted by Crippen LogP contribution is -2.56. The van der Waals surface area contributed by atoms with E-state index in [0.29, 0.717) is 60.3 Å². The van der Waals surface area contributed by atoms with Crippen molar-refractivity contribution in [3.63, 3.8) is 0 Å². The number of piperidine rings is 1. The van der Waals surface area contributed by atoms with Gasteiger partial charge in [0.15, 0.2) is 0 Å². The summed E-state index contributed by atoms with van der Waals surface area (Å²) in [6, 6.07) is 11.1. The first-order chi connectivity index (χ1) is 17.7. The van der Waals surface area contributed by atoms with Crippen molar-refractivity contribution in [2.24, 2.45) is 17.2 Å². The minimum atomic E-state index is -0.370. The highest BCUT2D eigenvalue weighted by Gasteiger charge is 2.29. The summed E-state index contributed by atoms with van der Waals surface area (Å²) in [4.78, 5) is 30.2. The number of aromatic hydroxyl groups is 1. The van der Waals surface area contributed by atoms with Gasteiger partial charge in [0, 0.05) is 66.6 Å². The van der Waals surface area contributed by atoms with Gasteiger partial charge in [0.1, 0.15) is 5.75 Å². The molecule has 3 aromatic rings. The Bertz CT molecular complexity index is 1280. The van der Waals surface area contributed by atoms with Gasteiger partial charge in [-0.15, -0.1) is 0 Å². The van der Waals surface area contributed by atoms with Gasteiger partial charge >= 0.3 is 0 Å². The second kappa shape index (κ2) is 10.3. The van der Waals surface area contributed by atoms with Crippen molar-refractivity contribution in [1.82, 2.24) is 15.0 Å². The molecule has 1 amide bonds. The molecule has 2 aliphatic heterocycles. The van der Waals surface area contributed by atoms with E-state index in [-0.39, 0.29) is 35.5 Å². The highest BCUT2D eigenvalue weighted by Crippen LogP contribution is 2.30. The minimum Gasteiger partial charge on any atom is -0.506 e. The Morgan fingerprint density at radius 1 is 0.892 bits per heavy atom. The number of phenolic OH excluding ortho intramolecular Hbond substituents is 1. The zero-order valence-corrected chi connectivity index (χ0v) is 20.8. The summed E-state index contributed by atoms with van der Waals surface area (Å²) in [5.74, 6) is 0.770. The van der Waals surface area contributed by atoms with Crippen LogP contribution in [-0.2, 0) is 0 Å². The normalized spacial score (nSPS) is 19.9. The molecule has 0 aliphatic carbocycles. The third-order valence-electron chi connectivity index (χ3n) is 6.21. The number of rotatable bonds is 6. The lowest BCUT2D eigenvalue weighted by atomic mass is 10.0. The molecule has 0 unspecified atom stereocenters. The zero-order chi connectivity index (χ0) is 26.1. The zero-order valence-electron chi connectivity index (χ0n) is 20.0. The predicted octanol–water partition coefficient (Wildman–Crippen LogP) is 1.24. The van der Waals surface area contributed by atoms with E-state index in [1.165, 1.54) is 6.07 Å². The Balaban J connectivity index is 1.35. The van der Waals surface area contributed by atoms with E-state index < -0.39 is 0 Å². The number of nitrogens with one attached hydrogen (secondary N) is 2. The molecule has 0 radical (unpaired) electrons. The molecular formula is C24H29ClN10O2. The Kier molecular flexibility index (Phi) is 6.98. The van der Waals surface area contributed by atoms with Gasteiger partial charge in [0.25, 0.3) is 5.91 Å². The number of hydrogen-bond acceptors (Lipinski definition) is 11. The summed E-state index contributed by atoms with van der Waals surface area (Å²) in [5.41, 5.74) is 19.5. The Morgan fingerprint density at radius 2 is 1.49 bits per heavy atom. The second-order valence-corrected chi connectivity index (χ2v) is 9.84. The number of nitrogens with zero attached hydrogens (tertiary/aromatic N) is 5. The van der Waals surface area contributed by atoms with Crippen LogP contribution in [0.2, 0.25) is 5.02 Å². The molecule has 1 aromatic heterocycles. The first-order valence-electron chi connectivity index (χ1n) is 11.9. The van der Waals surface area contributed by atoms with E-state index in [1.54, 1.807) is 36.4 Å².